The Hall–Kier alpha value is -1.06. The SMILES string of the molecule is CC(C)CN(CC(C)C)C(=O)CC(N)=O. The van der Waals surface area contributed by atoms with Crippen molar-refractivity contribution in [3.63, 3.8) is 0 Å². The Morgan fingerprint density at radius 3 is 1.73 bits per heavy atom. The lowest BCUT2D eigenvalue weighted by Gasteiger charge is -2.26. The number of primary amides is 1. The molecule has 0 aromatic rings. The highest BCUT2D eigenvalue weighted by atomic mass is 16.2. The van der Waals surface area contributed by atoms with Crippen molar-refractivity contribution in [1.29, 1.82) is 0 Å². The highest BCUT2D eigenvalue weighted by Gasteiger charge is 2.17. The molecule has 0 spiro atoms. The van der Waals surface area contributed by atoms with Crippen LogP contribution in [-0.2, 0) is 9.59 Å². The van der Waals surface area contributed by atoms with Gasteiger partial charge in [-0.3, -0.25) is 9.59 Å². The Balaban J connectivity index is 4.33. The summed E-state index contributed by atoms with van der Waals surface area (Å²) < 4.78 is 0. The van der Waals surface area contributed by atoms with Crippen LogP contribution in [0, 0.1) is 11.8 Å². The first kappa shape index (κ1) is 13.9. The van der Waals surface area contributed by atoms with Gasteiger partial charge in [-0.2, -0.15) is 0 Å². The Morgan fingerprint density at radius 2 is 1.47 bits per heavy atom. The number of amides is 2. The summed E-state index contributed by atoms with van der Waals surface area (Å²) in [6.07, 6.45) is -0.181. The molecule has 88 valence electrons. The van der Waals surface area contributed by atoms with Gasteiger partial charge < -0.3 is 10.6 Å². The van der Waals surface area contributed by atoms with Crippen LogP contribution >= 0.6 is 0 Å². The molecule has 0 atom stereocenters. The Morgan fingerprint density at radius 1 is 1.07 bits per heavy atom. The predicted octanol–water partition coefficient (Wildman–Crippen LogP) is 1.00. The second-order valence-corrected chi connectivity index (χ2v) is 4.73. The Kier molecular flexibility index (Phi) is 5.97. The van der Waals surface area contributed by atoms with Gasteiger partial charge in [-0.1, -0.05) is 27.7 Å². The molecular formula is C11H22N2O2. The number of nitrogens with zero attached hydrogens (tertiary/aromatic N) is 1. The molecule has 4 heteroatoms. The second kappa shape index (κ2) is 6.43. The van der Waals surface area contributed by atoms with E-state index in [1.807, 2.05) is 27.7 Å². The first-order valence-corrected chi connectivity index (χ1v) is 5.39. The van der Waals surface area contributed by atoms with Crippen LogP contribution in [0.3, 0.4) is 0 Å². The summed E-state index contributed by atoms with van der Waals surface area (Å²) in [5.41, 5.74) is 5.01. The first-order chi connectivity index (χ1) is 6.82. The number of hydrogen-bond donors (Lipinski definition) is 1. The van der Waals surface area contributed by atoms with E-state index in [0.29, 0.717) is 24.9 Å². The van der Waals surface area contributed by atoms with E-state index in [0.717, 1.165) is 0 Å². The maximum Gasteiger partial charge on any atom is 0.232 e. The van der Waals surface area contributed by atoms with Crippen LogP contribution in [-0.4, -0.2) is 29.8 Å². The van der Waals surface area contributed by atoms with Crippen molar-refractivity contribution in [2.75, 3.05) is 13.1 Å². The highest BCUT2D eigenvalue weighted by Crippen LogP contribution is 2.05. The molecule has 0 bridgehead atoms. The third-order valence-corrected chi connectivity index (χ3v) is 1.85. The molecule has 0 fully saturated rings. The fraction of sp³-hybridized carbons (Fsp3) is 0.818. The van der Waals surface area contributed by atoms with Gasteiger partial charge >= 0.3 is 0 Å². The summed E-state index contributed by atoms with van der Waals surface area (Å²) in [5, 5.41) is 0. The molecular weight excluding hydrogens is 192 g/mol. The quantitative estimate of drug-likeness (QED) is 0.670. The molecule has 0 rings (SSSR count). The average molecular weight is 214 g/mol. The van der Waals surface area contributed by atoms with Gasteiger partial charge in [-0.25, -0.2) is 0 Å². The molecule has 0 radical (unpaired) electrons. The molecule has 0 aromatic carbocycles. The topological polar surface area (TPSA) is 63.4 Å². The van der Waals surface area contributed by atoms with Crippen molar-refractivity contribution < 1.29 is 9.59 Å². The van der Waals surface area contributed by atoms with E-state index in [2.05, 4.69) is 0 Å². The van der Waals surface area contributed by atoms with Crippen molar-refractivity contribution in [1.82, 2.24) is 4.90 Å². The third-order valence-electron chi connectivity index (χ3n) is 1.85. The van der Waals surface area contributed by atoms with E-state index < -0.39 is 5.91 Å². The third kappa shape index (κ3) is 6.94. The second-order valence-electron chi connectivity index (χ2n) is 4.73. The molecule has 0 heterocycles. The zero-order valence-electron chi connectivity index (χ0n) is 10.1. The van der Waals surface area contributed by atoms with Crippen molar-refractivity contribution in [3.8, 4) is 0 Å². The summed E-state index contributed by atoms with van der Waals surface area (Å²) >= 11 is 0. The summed E-state index contributed by atoms with van der Waals surface area (Å²) in [4.78, 5) is 24.0. The largest absolute Gasteiger partial charge is 0.369 e. The summed E-state index contributed by atoms with van der Waals surface area (Å²) in [6.45, 7) is 9.56. The zero-order chi connectivity index (χ0) is 12.0. The predicted molar refractivity (Wildman–Crippen MR) is 60.1 cm³/mol. The van der Waals surface area contributed by atoms with Crippen LogP contribution in [0.1, 0.15) is 34.1 Å². The van der Waals surface area contributed by atoms with Crippen molar-refractivity contribution in [2.24, 2.45) is 17.6 Å². The van der Waals surface area contributed by atoms with Crippen LogP contribution in [0.2, 0.25) is 0 Å². The van der Waals surface area contributed by atoms with Crippen LogP contribution in [0.5, 0.6) is 0 Å². The molecule has 0 saturated heterocycles. The maximum atomic E-state index is 11.6. The summed E-state index contributed by atoms with van der Waals surface area (Å²) in [5.74, 6) is 0.0866. The van der Waals surface area contributed by atoms with Gasteiger partial charge in [0.15, 0.2) is 0 Å². The zero-order valence-corrected chi connectivity index (χ0v) is 10.1. The molecule has 0 aliphatic rings. The van der Waals surface area contributed by atoms with E-state index in [1.54, 1.807) is 4.90 Å². The summed E-state index contributed by atoms with van der Waals surface area (Å²) in [7, 11) is 0. The minimum Gasteiger partial charge on any atom is -0.369 e. The van der Waals surface area contributed by atoms with E-state index in [9.17, 15) is 9.59 Å². The van der Waals surface area contributed by atoms with Gasteiger partial charge in [-0.15, -0.1) is 0 Å². The van der Waals surface area contributed by atoms with Gasteiger partial charge in [-0.05, 0) is 11.8 Å². The first-order valence-electron chi connectivity index (χ1n) is 5.39. The molecule has 0 aromatic heterocycles. The van der Waals surface area contributed by atoms with Crippen LogP contribution in [0.15, 0.2) is 0 Å². The average Bonchev–Trinajstić information content (AvgIpc) is 1.99. The van der Waals surface area contributed by atoms with Gasteiger partial charge in [0.05, 0.1) is 0 Å². The van der Waals surface area contributed by atoms with E-state index in [4.69, 9.17) is 5.73 Å². The van der Waals surface area contributed by atoms with Crippen molar-refractivity contribution >= 4 is 11.8 Å². The number of rotatable bonds is 6. The molecule has 0 unspecified atom stereocenters. The summed E-state index contributed by atoms with van der Waals surface area (Å²) in [6, 6.07) is 0. The standard InChI is InChI=1S/C11H22N2O2/c1-8(2)6-13(7-9(3)4)11(15)5-10(12)14/h8-9H,5-7H2,1-4H3,(H2,12,14). The van der Waals surface area contributed by atoms with Gasteiger partial charge in [0.1, 0.15) is 6.42 Å². The van der Waals surface area contributed by atoms with Gasteiger partial charge in [0.2, 0.25) is 11.8 Å². The number of hydrogen-bond acceptors (Lipinski definition) is 2. The fourth-order valence-electron chi connectivity index (χ4n) is 1.42. The fourth-order valence-corrected chi connectivity index (χ4v) is 1.42. The van der Waals surface area contributed by atoms with Crippen LogP contribution < -0.4 is 5.73 Å². The van der Waals surface area contributed by atoms with Gasteiger partial charge in [0.25, 0.3) is 0 Å². The maximum absolute atomic E-state index is 11.6. The van der Waals surface area contributed by atoms with Crippen LogP contribution in [0.4, 0.5) is 0 Å². The Labute approximate surface area is 91.8 Å². The van der Waals surface area contributed by atoms with Crippen molar-refractivity contribution in [2.45, 2.75) is 34.1 Å². The molecule has 0 aliphatic heterocycles. The molecule has 0 saturated carbocycles. The lowest BCUT2D eigenvalue weighted by atomic mass is 10.1. The lowest BCUT2D eigenvalue weighted by molar-refractivity contribution is -0.136. The van der Waals surface area contributed by atoms with E-state index >= 15 is 0 Å². The normalized spacial score (nSPS) is 10.8. The Bertz CT molecular complexity index is 215. The van der Waals surface area contributed by atoms with Gasteiger partial charge in [0, 0.05) is 13.1 Å². The monoisotopic (exact) mass is 214 g/mol. The minimum atomic E-state index is -0.558. The number of nitrogens with two attached hydrogens (primary N) is 1. The number of carbonyl (C=O) groups excluding carboxylic acids is 2. The molecule has 15 heavy (non-hydrogen) atoms. The van der Waals surface area contributed by atoms with Crippen LogP contribution in [0.25, 0.3) is 0 Å². The lowest BCUT2D eigenvalue weighted by Crippen LogP contribution is -2.38. The van der Waals surface area contributed by atoms with Crippen molar-refractivity contribution in [3.05, 3.63) is 0 Å². The highest BCUT2D eigenvalue weighted by molar-refractivity contribution is 5.96. The molecule has 4 nitrogen and oxygen atoms in total. The van der Waals surface area contributed by atoms with E-state index in [-0.39, 0.29) is 12.3 Å². The molecule has 2 N–H and O–H groups in total. The van der Waals surface area contributed by atoms with E-state index in [1.165, 1.54) is 0 Å². The number of carbonyl (C=O) groups is 2. The smallest absolute Gasteiger partial charge is 0.232 e. The molecule has 0 aliphatic carbocycles. The minimum absolute atomic E-state index is 0.162. The molecule has 2 amide bonds.